The van der Waals surface area contributed by atoms with Crippen LogP contribution in [0.5, 0.6) is 0 Å². The molecule has 2 heterocycles. The Hall–Kier alpha value is -3.12. The van der Waals surface area contributed by atoms with Crippen molar-refractivity contribution in [1.82, 2.24) is 9.97 Å². The second-order valence-electron chi connectivity index (χ2n) is 5.36. The first kappa shape index (κ1) is 15.4. The number of thiazole rings is 1. The lowest BCUT2D eigenvalue weighted by atomic mass is 10.2. The number of benzene rings is 2. The minimum absolute atomic E-state index is 0.229. The van der Waals surface area contributed by atoms with E-state index in [4.69, 9.17) is 0 Å². The van der Waals surface area contributed by atoms with Crippen LogP contribution in [0.25, 0.3) is 20.8 Å². The quantitative estimate of drug-likeness (QED) is 0.581. The van der Waals surface area contributed by atoms with Gasteiger partial charge in [0.15, 0.2) is 11.5 Å². The van der Waals surface area contributed by atoms with Gasteiger partial charge in [-0.05, 0) is 36.4 Å². The first-order valence-electron chi connectivity index (χ1n) is 7.58. The third kappa shape index (κ3) is 3.12. The largest absolute Gasteiger partial charge is 0.321 e. The maximum atomic E-state index is 13.7. The molecule has 4 aromatic rings. The number of amides is 1. The zero-order valence-corrected chi connectivity index (χ0v) is 13.8. The molecule has 4 rings (SSSR count). The summed E-state index contributed by atoms with van der Waals surface area (Å²) < 4.78 is 14.8. The molecule has 0 unspecified atom stereocenters. The summed E-state index contributed by atoms with van der Waals surface area (Å²) >= 11 is 1.58. The van der Waals surface area contributed by atoms with Crippen LogP contribution in [0, 0.1) is 5.82 Å². The van der Waals surface area contributed by atoms with E-state index in [2.05, 4.69) is 15.3 Å². The molecule has 122 valence electrons. The number of halogens is 1. The van der Waals surface area contributed by atoms with Crippen molar-refractivity contribution in [3.63, 3.8) is 0 Å². The van der Waals surface area contributed by atoms with Crippen molar-refractivity contribution in [3.05, 3.63) is 78.4 Å². The molecule has 0 saturated heterocycles. The summed E-state index contributed by atoms with van der Waals surface area (Å²) in [7, 11) is 0. The van der Waals surface area contributed by atoms with Crippen molar-refractivity contribution in [2.24, 2.45) is 0 Å². The molecule has 1 amide bonds. The highest BCUT2D eigenvalue weighted by Crippen LogP contribution is 2.31. The van der Waals surface area contributed by atoms with Crippen LogP contribution in [0.1, 0.15) is 10.5 Å². The van der Waals surface area contributed by atoms with E-state index in [-0.39, 0.29) is 5.69 Å². The van der Waals surface area contributed by atoms with Gasteiger partial charge in [-0.3, -0.25) is 4.79 Å². The summed E-state index contributed by atoms with van der Waals surface area (Å²) in [6.07, 6.45) is 1.38. The first-order chi connectivity index (χ1) is 12.2. The molecule has 0 aliphatic carbocycles. The Balaban J connectivity index is 1.63. The number of hydrogen-bond donors (Lipinski definition) is 1. The molecule has 2 aromatic heterocycles. The van der Waals surface area contributed by atoms with E-state index in [1.807, 2.05) is 42.5 Å². The fourth-order valence-electron chi connectivity index (χ4n) is 2.47. The molecule has 6 heteroatoms. The van der Waals surface area contributed by atoms with Gasteiger partial charge in [0.2, 0.25) is 0 Å². The number of aromatic nitrogens is 2. The molecular formula is C19H12FN3OS. The lowest BCUT2D eigenvalue weighted by Crippen LogP contribution is -2.15. The number of para-hydroxylation sites is 1. The molecule has 0 fully saturated rings. The predicted molar refractivity (Wildman–Crippen MR) is 97.2 cm³/mol. The minimum atomic E-state index is -0.651. The van der Waals surface area contributed by atoms with Gasteiger partial charge >= 0.3 is 0 Å². The lowest BCUT2D eigenvalue weighted by molar-refractivity contribution is 0.101. The van der Waals surface area contributed by atoms with Crippen molar-refractivity contribution in [1.29, 1.82) is 0 Å². The predicted octanol–water partition coefficient (Wildman–Crippen LogP) is 4.75. The Kier molecular flexibility index (Phi) is 3.95. The molecule has 4 nitrogen and oxygen atoms in total. The Labute approximate surface area is 147 Å². The summed E-state index contributed by atoms with van der Waals surface area (Å²) in [5, 5.41) is 3.54. The second kappa shape index (κ2) is 6.41. The van der Waals surface area contributed by atoms with Gasteiger partial charge in [0.25, 0.3) is 5.91 Å². The van der Waals surface area contributed by atoms with E-state index in [1.54, 1.807) is 17.4 Å². The number of anilines is 1. The molecular weight excluding hydrogens is 337 g/mol. The second-order valence-corrected chi connectivity index (χ2v) is 6.39. The SMILES string of the molecule is O=C(Nc1cccc(-c2nc3ccccc3s2)c1)c1ncccc1F. The summed E-state index contributed by atoms with van der Waals surface area (Å²) in [5.74, 6) is -1.23. The van der Waals surface area contributed by atoms with E-state index in [1.165, 1.54) is 18.3 Å². The number of fused-ring (bicyclic) bond motifs is 1. The van der Waals surface area contributed by atoms with E-state index in [9.17, 15) is 9.18 Å². The van der Waals surface area contributed by atoms with Crippen LogP contribution in [0.3, 0.4) is 0 Å². The van der Waals surface area contributed by atoms with Crippen molar-refractivity contribution in [3.8, 4) is 10.6 Å². The molecule has 0 aliphatic rings. The third-order valence-electron chi connectivity index (χ3n) is 3.63. The van der Waals surface area contributed by atoms with Crippen LogP contribution in [-0.4, -0.2) is 15.9 Å². The van der Waals surface area contributed by atoms with Crippen molar-refractivity contribution >= 4 is 33.1 Å². The molecule has 2 aromatic carbocycles. The van der Waals surface area contributed by atoms with Crippen molar-refractivity contribution in [2.75, 3.05) is 5.32 Å². The van der Waals surface area contributed by atoms with Crippen molar-refractivity contribution in [2.45, 2.75) is 0 Å². The average molecular weight is 349 g/mol. The number of hydrogen-bond acceptors (Lipinski definition) is 4. The molecule has 25 heavy (non-hydrogen) atoms. The van der Waals surface area contributed by atoms with Gasteiger partial charge in [-0.1, -0.05) is 24.3 Å². The fraction of sp³-hybridized carbons (Fsp3) is 0. The molecule has 1 N–H and O–H groups in total. The number of carbonyl (C=O) groups excluding carboxylic acids is 1. The van der Waals surface area contributed by atoms with Crippen LogP contribution in [0.15, 0.2) is 66.9 Å². The van der Waals surface area contributed by atoms with Gasteiger partial charge in [-0.15, -0.1) is 11.3 Å². The Morgan fingerprint density at radius 3 is 2.76 bits per heavy atom. The minimum Gasteiger partial charge on any atom is -0.321 e. The molecule has 0 saturated carbocycles. The number of nitrogens with zero attached hydrogens (tertiary/aromatic N) is 2. The molecule has 0 radical (unpaired) electrons. The molecule has 0 spiro atoms. The van der Waals surface area contributed by atoms with Gasteiger partial charge in [-0.25, -0.2) is 14.4 Å². The monoisotopic (exact) mass is 349 g/mol. The van der Waals surface area contributed by atoms with Gasteiger partial charge in [0, 0.05) is 17.4 Å². The Morgan fingerprint density at radius 2 is 1.92 bits per heavy atom. The van der Waals surface area contributed by atoms with Crippen molar-refractivity contribution < 1.29 is 9.18 Å². The summed E-state index contributed by atoms with van der Waals surface area (Å²) in [6.45, 7) is 0. The highest BCUT2D eigenvalue weighted by Gasteiger charge is 2.13. The summed E-state index contributed by atoms with van der Waals surface area (Å²) in [5.41, 5.74) is 2.16. The Bertz CT molecular complexity index is 1040. The number of rotatable bonds is 3. The molecule has 0 atom stereocenters. The zero-order chi connectivity index (χ0) is 17.2. The van der Waals surface area contributed by atoms with E-state index in [0.29, 0.717) is 5.69 Å². The molecule has 0 bridgehead atoms. The summed E-state index contributed by atoms with van der Waals surface area (Å²) in [6, 6.07) is 17.9. The first-order valence-corrected chi connectivity index (χ1v) is 8.40. The molecule has 0 aliphatic heterocycles. The summed E-state index contributed by atoms with van der Waals surface area (Å²) in [4.78, 5) is 20.6. The Morgan fingerprint density at radius 1 is 1.04 bits per heavy atom. The highest BCUT2D eigenvalue weighted by molar-refractivity contribution is 7.21. The van der Waals surface area contributed by atoms with Gasteiger partial charge in [0.1, 0.15) is 5.01 Å². The van der Waals surface area contributed by atoms with Gasteiger partial charge in [-0.2, -0.15) is 0 Å². The van der Waals surface area contributed by atoms with Crippen LogP contribution < -0.4 is 5.32 Å². The van der Waals surface area contributed by atoms with Crippen LogP contribution >= 0.6 is 11.3 Å². The normalized spacial score (nSPS) is 10.8. The van der Waals surface area contributed by atoms with E-state index in [0.717, 1.165) is 20.8 Å². The maximum Gasteiger partial charge on any atom is 0.277 e. The van der Waals surface area contributed by atoms with Gasteiger partial charge < -0.3 is 5.32 Å². The van der Waals surface area contributed by atoms with Crippen LogP contribution in [-0.2, 0) is 0 Å². The maximum absolute atomic E-state index is 13.7. The van der Waals surface area contributed by atoms with Gasteiger partial charge in [0.05, 0.1) is 10.2 Å². The topological polar surface area (TPSA) is 54.9 Å². The zero-order valence-electron chi connectivity index (χ0n) is 12.9. The van der Waals surface area contributed by atoms with E-state index < -0.39 is 11.7 Å². The highest BCUT2D eigenvalue weighted by atomic mass is 32.1. The van der Waals surface area contributed by atoms with Crippen LogP contribution in [0.2, 0.25) is 0 Å². The fourth-order valence-corrected chi connectivity index (χ4v) is 3.43. The lowest BCUT2D eigenvalue weighted by Gasteiger charge is -2.06. The third-order valence-corrected chi connectivity index (χ3v) is 4.72. The van der Waals surface area contributed by atoms with Crippen LogP contribution in [0.4, 0.5) is 10.1 Å². The van der Waals surface area contributed by atoms with E-state index >= 15 is 0 Å². The smallest absolute Gasteiger partial charge is 0.277 e. The number of pyridine rings is 1. The standard InChI is InChI=1S/C19H12FN3OS/c20-14-7-4-10-21-17(14)18(24)22-13-6-3-5-12(11-13)19-23-15-8-1-2-9-16(15)25-19/h1-11H,(H,22,24). The number of carbonyl (C=O) groups is 1. The number of nitrogens with one attached hydrogen (secondary N) is 1. The average Bonchev–Trinajstić information content (AvgIpc) is 3.06.